The first-order valence-corrected chi connectivity index (χ1v) is 4.35. The quantitative estimate of drug-likeness (QED) is 0.608. The SMILES string of the molecule is CNC(C#N)COCCC(C)C. The van der Waals surface area contributed by atoms with Gasteiger partial charge in [-0.05, 0) is 19.4 Å². The third-order valence-electron chi connectivity index (χ3n) is 1.63. The van der Waals surface area contributed by atoms with Crippen molar-refractivity contribution >= 4 is 0 Å². The Labute approximate surface area is 74.7 Å². The number of likely N-dealkylation sites (N-methyl/N-ethyl adjacent to an activating group) is 1. The number of hydrogen-bond acceptors (Lipinski definition) is 3. The molecule has 0 heterocycles. The van der Waals surface area contributed by atoms with Crippen LogP contribution in [0.4, 0.5) is 0 Å². The first-order chi connectivity index (χ1) is 5.70. The summed E-state index contributed by atoms with van der Waals surface area (Å²) in [4.78, 5) is 0. The molecule has 0 aliphatic rings. The lowest BCUT2D eigenvalue weighted by Crippen LogP contribution is -2.28. The third kappa shape index (κ3) is 6.14. The molecule has 70 valence electrons. The molecule has 0 aromatic carbocycles. The topological polar surface area (TPSA) is 45.0 Å². The first-order valence-electron chi connectivity index (χ1n) is 4.35. The van der Waals surface area contributed by atoms with Gasteiger partial charge in [-0.25, -0.2) is 0 Å². The normalized spacial score (nSPS) is 12.9. The van der Waals surface area contributed by atoms with Gasteiger partial charge < -0.3 is 10.1 Å². The second kappa shape index (κ2) is 7.08. The Kier molecular flexibility index (Phi) is 6.73. The van der Waals surface area contributed by atoms with Crippen LogP contribution in [0.3, 0.4) is 0 Å². The number of nitrogens with one attached hydrogen (secondary N) is 1. The van der Waals surface area contributed by atoms with Crippen molar-refractivity contribution in [3.05, 3.63) is 0 Å². The van der Waals surface area contributed by atoms with Gasteiger partial charge in [-0.2, -0.15) is 5.26 Å². The molecule has 0 radical (unpaired) electrons. The van der Waals surface area contributed by atoms with Gasteiger partial charge in [0.25, 0.3) is 0 Å². The van der Waals surface area contributed by atoms with E-state index >= 15 is 0 Å². The average Bonchev–Trinajstić information content (AvgIpc) is 2.04. The Morgan fingerprint density at radius 1 is 1.50 bits per heavy atom. The minimum atomic E-state index is -0.169. The second-order valence-corrected chi connectivity index (χ2v) is 3.23. The van der Waals surface area contributed by atoms with Crippen molar-refractivity contribution in [3.63, 3.8) is 0 Å². The smallest absolute Gasteiger partial charge is 0.119 e. The maximum atomic E-state index is 8.54. The summed E-state index contributed by atoms with van der Waals surface area (Å²) in [5, 5.41) is 11.4. The molecule has 0 rings (SSSR count). The Morgan fingerprint density at radius 2 is 2.17 bits per heavy atom. The van der Waals surface area contributed by atoms with Crippen LogP contribution in [-0.4, -0.2) is 26.3 Å². The van der Waals surface area contributed by atoms with Gasteiger partial charge in [0.2, 0.25) is 0 Å². The van der Waals surface area contributed by atoms with Crippen LogP contribution in [0.5, 0.6) is 0 Å². The van der Waals surface area contributed by atoms with Gasteiger partial charge in [0.05, 0.1) is 12.7 Å². The molecule has 0 aromatic heterocycles. The molecule has 0 aliphatic heterocycles. The van der Waals surface area contributed by atoms with Crippen LogP contribution in [0.1, 0.15) is 20.3 Å². The Bertz CT molecular complexity index is 140. The highest BCUT2D eigenvalue weighted by Crippen LogP contribution is 1.98. The molecular formula is C9H18N2O. The monoisotopic (exact) mass is 170 g/mol. The Balaban J connectivity index is 3.25. The molecule has 1 atom stereocenters. The number of hydrogen-bond donors (Lipinski definition) is 1. The van der Waals surface area contributed by atoms with E-state index in [0.717, 1.165) is 13.0 Å². The van der Waals surface area contributed by atoms with Crippen LogP contribution in [-0.2, 0) is 4.74 Å². The van der Waals surface area contributed by atoms with E-state index in [1.807, 2.05) is 0 Å². The Morgan fingerprint density at radius 3 is 2.58 bits per heavy atom. The molecular weight excluding hydrogens is 152 g/mol. The van der Waals surface area contributed by atoms with E-state index in [9.17, 15) is 0 Å². The molecule has 1 unspecified atom stereocenters. The van der Waals surface area contributed by atoms with Gasteiger partial charge >= 0.3 is 0 Å². The number of nitrogens with zero attached hydrogens (tertiary/aromatic N) is 1. The molecule has 3 heteroatoms. The summed E-state index contributed by atoms with van der Waals surface area (Å²) >= 11 is 0. The highest BCUT2D eigenvalue weighted by Gasteiger charge is 2.02. The van der Waals surface area contributed by atoms with Crippen molar-refractivity contribution in [2.75, 3.05) is 20.3 Å². The zero-order valence-electron chi connectivity index (χ0n) is 8.13. The summed E-state index contributed by atoms with van der Waals surface area (Å²) < 4.78 is 5.30. The predicted octanol–water partition coefficient (Wildman–Crippen LogP) is 1.16. The fraction of sp³-hybridized carbons (Fsp3) is 0.889. The van der Waals surface area contributed by atoms with Gasteiger partial charge in [0, 0.05) is 6.61 Å². The van der Waals surface area contributed by atoms with Gasteiger partial charge in [0.15, 0.2) is 0 Å². The summed E-state index contributed by atoms with van der Waals surface area (Å²) in [5.74, 6) is 0.667. The highest BCUT2D eigenvalue weighted by molar-refractivity contribution is 4.88. The summed E-state index contributed by atoms with van der Waals surface area (Å²) in [6.45, 7) is 5.55. The van der Waals surface area contributed by atoms with Crippen molar-refractivity contribution in [2.24, 2.45) is 5.92 Å². The van der Waals surface area contributed by atoms with E-state index in [4.69, 9.17) is 10.00 Å². The van der Waals surface area contributed by atoms with E-state index in [2.05, 4.69) is 25.2 Å². The van der Waals surface area contributed by atoms with E-state index in [-0.39, 0.29) is 6.04 Å². The first kappa shape index (κ1) is 11.4. The molecule has 12 heavy (non-hydrogen) atoms. The fourth-order valence-electron chi connectivity index (χ4n) is 0.705. The fourth-order valence-corrected chi connectivity index (χ4v) is 0.705. The lowest BCUT2D eigenvalue weighted by molar-refractivity contribution is 0.115. The standard InChI is InChI=1S/C9H18N2O/c1-8(2)4-5-12-7-9(6-10)11-3/h8-9,11H,4-5,7H2,1-3H3. The minimum absolute atomic E-state index is 0.169. The molecule has 0 spiro atoms. The van der Waals surface area contributed by atoms with Crippen LogP contribution in [0.25, 0.3) is 0 Å². The van der Waals surface area contributed by atoms with E-state index < -0.39 is 0 Å². The third-order valence-corrected chi connectivity index (χ3v) is 1.63. The summed E-state index contributed by atoms with van der Waals surface area (Å²) in [6.07, 6.45) is 1.06. The number of ether oxygens (including phenoxy) is 1. The lowest BCUT2D eigenvalue weighted by atomic mass is 10.1. The maximum absolute atomic E-state index is 8.54. The zero-order chi connectivity index (χ0) is 9.40. The van der Waals surface area contributed by atoms with Crippen LogP contribution in [0, 0.1) is 17.2 Å². The summed E-state index contributed by atoms with van der Waals surface area (Å²) in [6, 6.07) is 1.93. The molecule has 0 aromatic rings. The molecule has 3 nitrogen and oxygen atoms in total. The van der Waals surface area contributed by atoms with Crippen molar-refractivity contribution in [1.82, 2.24) is 5.32 Å². The summed E-state index contributed by atoms with van der Waals surface area (Å²) in [7, 11) is 1.76. The van der Waals surface area contributed by atoms with E-state index in [1.54, 1.807) is 7.05 Å². The van der Waals surface area contributed by atoms with Crippen LogP contribution in [0.2, 0.25) is 0 Å². The van der Waals surface area contributed by atoms with E-state index in [0.29, 0.717) is 12.5 Å². The van der Waals surface area contributed by atoms with Crippen molar-refractivity contribution < 1.29 is 4.74 Å². The highest BCUT2D eigenvalue weighted by atomic mass is 16.5. The molecule has 0 bridgehead atoms. The van der Waals surface area contributed by atoms with Crippen LogP contribution >= 0.6 is 0 Å². The largest absolute Gasteiger partial charge is 0.379 e. The molecule has 1 N–H and O–H groups in total. The number of rotatable bonds is 6. The second-order valence-electron chi connectivity index (χ2n) is 3.23. The van der Waals surface area contributed by atoms with Crippen LogP contribution in [0.15, 0.2) is 0 Å². The lowest BCUT2D eigenvalue weighted by Gasteiger charge is -2.09. The van der Waals surface area contributed by atoms with Crippen LogP contribution < -0.4 is 5.32 Å². The molecule has 0 saturated heterocycles. The van der Waals surface area contributed by atoms with Crippen molar-refractivity contribution in [3.8, 4) is 6.07 Å². The van der Waals surface area contributed by atoms with Gasteiger partial charge in [-0.3, -0.25) is 0 Å². The van der Waals surface area contributed by atoms with Gasteiger partial charge in [-0.1, -0.05) is 13.8 Å². The molecule has 0 saturated carbocycles. The van der Waals surface area contributed by atoms with Crippen molar-refractivity contribution in [1.29, 1.82) is 5.26 Å². The minimum Gasteiger partial charge on any atom is -0.379 e. The van der Waals surface area contributed by atoms with Crippen molar-refractivity contribution in [2.45, 2.75) is 26.3 Å². The van der Waals surface area contributed by atoms with Gasteiger partial charge in [-0.15, -0.1) is 0 Å². The molecule has 0 aliphatic carbocycles. The maximum Gasteiger partial charge on any atom is 0.119 e. The zero-order valence-corrected chi connectivity index (χ0v) is 8.13. The Hall–Kier alpha value is -0.590. The molecule has 0 amide bonds. The number of nitriles is 1. The predicted molar refractivity (Wildman–Crippen MR) is 48.7 cm³/mol. The average molecular weight is 170 g/mol. The van der Waals surface area contributed by atoms with E-state index in [1.165, 1.54) is 0 Å². The van der Waals surface area contributed by atoms with Gasteiger partial charge in [0.1, 0.15) is 6.04 Å². The summed E-state index contributed by atoms with van der Waals surface area (Å²) in [5.41, 5.74) is 0. The molecule has 0 fully saturated rings.